The van der Waals surface area contributed by atoms with Crippen molar-refractivity contribution in [3.8, 4) is 0 Å². The van der Waals surface area contributed by atoms with E-state index < -0.39 is 0 Å². The van der Waals surface area contributed by atoms with Gasteiger partial charge in [0.25, 0.3) is 0 Å². The average molecular weight is 334 g/mol. The molecule has 126 valence electrons. The van der Waals surface area contributed by atoms with Crippen molar-refractivity contribution < 1.29 is 0 Å². The number of anilines is 2. The third-order valence-electron chi connectivity index (χ3n) is 4.74. The zero-order valence-electron chi connectivity index (χ0n) is 14.1. The van der Waals surface area contributed by atoms with Gasteiger partial charge in [0.1, 0.15) is 5.82 Å². The van der Waals surface area contributed by atoms with Crippen molar-refractivity contribution in [2.75, 3.05) is 23.3 Å². The van der Waals surface area contributed by atoms with Crippen molar-refractivity contribution in [1.82, 2.24) is 15.3 Å². The Hall–Kier alpha value is -1.43. The Bertz CT molecular complexity index is 556. The van der Waals surface area contributed by atoms with Crippen LogP contribution in [-0.2, 0) is 0 Å². The third-order valence-corrected chi connectivity index (χ3v) is 4.96. The van der Waals surface area contributed by atoms with Crippen molar-refractivity contribution in [3.63, 3.8) is 0 Å². The van der Waals surface area contributed by atoms with E-state index in [1.54, 1.807) is 0 Å². The molecule has 6 heteroatoms. The van der Waals surface area contributed by atoms with E-state index in [0.717, 1.165) is 30.5 Å². The van der Waals surface area contributed by atoms with Gasteiger partial charge in [0.15, 0.2) is 5.11 Å². The number of nitrogens with one attached hydrogen (secondary N) is 2. The molecule has 1 saturated carbocycles. The van der Waals surface area contributed by atoms with Gasteiger partial charge in [0.2, 0.25) is 5.95 Å². The second-order valence-electron chi connectivity index (χ2n) is 6.96. The van der Waals surface area contributed by atoms with Crippen LogP contribution < -0.4 is 15.5 Å². The molecule has 2 fully saturated rings. The molecule has 1 aliphatic heterocycles. The highest BCUT2D eigenvalue weighted by molar-refractivity contribution is 7.80. The van der Waals surface area contributed by atoms with E-state index in [2.05, 4.69) is 38.5 Å². The van der Waals surface area contributed by atoms with E-state index in [9.17, 15) is 0 Å². The van der Waals surface area contributed by atoms with Crippen LogP contribution in [0.25, 0.3) is 0 Å². The summed E-state index contributed by atoms with van der Waals surface area (Å²) in [5.41, 5.74) is 0.972. The Morgan fingerprint density at radius 1 is 1.22 bits per heavy atom. The highest BCUT2D eigenvalue weighted by atomic mass is 32.1. The molecule has 5 nitrogen and oxygen atoms in total. The second kappa shape index (κ2) is 7.43. The van der Waals surface area contributed by atoms with E-state index in [1.165, 1.54) is 38.5 Å². The maximum Gasteiger partial charge on any atom is 0.231 e. The van der Waals surface area contributed by atoms with Crippen molar-refractivity contribution >= 4 is 29.1 Å². The maximum atomic E-state index is 5.42. The number of aromatic nitrogens is 2. The van der Waals surface area contributed by atoms with Crippen LogP contribution in [0.4, 0.5) is 11.8 Å². The summed E-state index contributed by atoms with van der Waals surface area (Å²) in [4.78, 5) is 11.5. The van der Waals surface area contributed by atoms with Crippen LogP contribution in [0.2, 0.25) is 0 Å². The predicted molar refractivity (Wildman–Crippen MR) is 99.0 cm³/mol. The zero-order valence-corrected chi connectivity index (χ0v) is 15.0. The van der Waals surface area contributed by atoms with E-state index >= 15 is 0 Å². The van der Waals surface area contributed by atoms with Crippen LogP contribution in [0.5, 0.6) is 0 Å². The summed E-state index contributed by atoms with van der Waals surface area (Å²) < 4.78 is 0. The summed E-state index contributed by atoms with van der Waals surface area (Å²) >= 11 is 5.42. The minimum absolute atomic E-state index is 0.502. The van der Waals surface area contributed by atoms with Crippen LogP contribution in [0.1, 0.15) is 51.1 Å². The van der Waals surface area contributed by atoms with E-state index in [4.69, 9.17) is 12.2 Å². The van der Waals surface area contributed by atoms with Gasteiger partial charge < -0.3 is 15.5 Å². The van der Waals surface area contributed by atoms with Gasteiger partial charge in [-0.3, -0.25) is 0 Å². The van der Waals surface area contributed by atoms with Gasteiger partial charge in [-0.1, -0.05) is 19.8 Å². The molecule has 1 aliphatic carbocycles. The minimum Gasteiger partial charge on any atom is -0.360 e. The van der Waals surface area contributed by atoms with Gasteiger partial charge >= 0.3 is 0 Å². The third kappa shape index (κ3) is 4.53. The smallest absolute Gasteiger partial charge is 0.231 e. The number of hydrogen-bond acceptors (Lipinski definition) is 4. The molecule has 2 heterocycles. The molecule has 23 heavy (non-hydrogen) atoms. The lowest BCUT2D eigenvalue weighted by atomic mass is 10.0. The fourth-order valence-electron chi connectivity index (χ4n) is 3.56. The summed E-state index contributed by atoms with van der Waals surface area (Å²) in [7, 11) is 0. The summed E-state index contributed by atoms with van der Waals surface area (Å²) in [5.74, 6) is 2.34. The maximum absolute atomic E-state index is 5.42. The predicted octanol–water partition coefficient (Wildman–Crippen LogP) is 3.25. The number of aryl methyl sites for hydroxylation is 1. The average Bonchev–Trinajstić information content (AvgIpc) is 2.99. The highest BCUT2D eigenvalue weighted by Crippen LogP contribution is 2.23. The first-order chi connectivity index (χ1) is 11.1. The van der Waals surface area contributed by atoms with Gasteiger partial charge in [0, 0.05) is 30.9 Å². The number of rotatable bonds is 3. The molecule has 0 aromatic carbocycles. The van der Waals surface area contributed by atoms with Crippen LogP contribution in [-0.4, -0.2) is 34.2 Å². The molecule has 1 aromatic rings. The largest absolute Gasteiger partial charge is 0.360 e. The van der Waals surface area contributed by atoms with Gasteiger partial charge in [-0.15, -0.1) is 0 Å². The van der Waals surface area contributed by atoms with Crippen LogP contribution in [0, 0.1) is 12.8 Å². The monoisotopic (exact) mass is 333 g/mol. The first-order valence-electron chi connectivity index (χ1n) is 8.78. The summed E-state index contributed by atoms with van der Waals surface area (Å²) in [6, 6.07) is 2.57. The topological polar surface area (TPSA) is 53.1 Å². The Morgan fingerprint density at radius 2 is 2.00 bits per heavy atom. The summed E-state index contributed by atoms with van der Waals surface area (Å²) in [6.07, 6.45) is 7.52. The van der Waals surface area contributed by atoms with Crippen molar-refractivity contribution in [1.29, 1.82) is 0 Å². The molecule has 0 amide bonds. The van der Waals surface area contributed by atoms with Gasteiger partial charge in [-0.2, -0.15) is 4.98 Å². The molecular formula is C17H27N5S. The first kappa shape index (κ1) is 16.4. The quantitative estimate of drug-likeness (QED) is 0.828. The molecular weight excluding hydrogens is 306 g/mol. The fraction of sp³-hybridized carbons (Fsp3) is 0.706. The molecule has 2 aliphatic rings. The molecule has 0 spiro atoms. The normalized spacial score (nSPS) is 22.2. The van der Waals surface area contributed by atoms with Gasteiger partial charge in [-0.25, -0.2) is 4.98 Å². The van der Waals surface area contributed by atoms with E-state index in [0.29, 0.717) is 17.1 Å². The number of nitrogens with zero attached hydrogens (tertiary/aromatic N) is 3. The van der Waals surface area contributed by atoms with E-state index in [-0.39, 0.29) is 0 Å². The standard InChI is InChI=1S/C17H27N5S/c1-12-6-5-9-22(11-12)15-10-13(2)18-16(20-15)21-17(23)19-14-7-3-4-8-14/h10,12,14H,3-9,11H2,1-2H3,(H2,18,19,20,21,23)/t12-/m1/s1. The summed E-state index contributed by atoms with van der Waals surface area (Å²) in [6.45, 7) is 6.46. The lowest BCUT2D eigenvalue weighted by Gasteiger charge is -2.32. The van der Waals surface area contributed by atoms with Gasteiger partial charge in [-0.05, 0) is 50.7 Å². The van der Waals surface area contributed by atoms with Crippen LogP contribution in [0.3, 0.4) is 0 Å². The van der Waals surface area contributed by atoms with E-state index in [1.807, 2.05) is 6.92 Å². The van der Waals surface area contributed by atoms with Crippen molar-refractivity contribution in [2.24, 2.45) is 5.92 Å². The number of thiocarbonyl (C=S) groups is 1. The molecule has 1 saturated heterocycles. The fourth-order valence-corrected chi connectivity index (χ4v) is 3.82. The summed E-state index contributed by atoms with van der Waals surface area (Å²) in [5, 5.41) is 7.19. The molecule has 0 radical (unpaired) electrons. The zero-order chi connectivity index (χ0) is 16.2. The number of hydrogen-bond donors (Lipinski definition) is 2. The molecule has 2 N–H and O–H groups in total. The molecule has 1 aromatic heterocycles. The molecule has 1 atom stereocenters. The Labute approximate surface area is 144 Å². The Balaban J connectivity index is 1.66. The first-order valence-corrected chi connectivity index (χ1v) is 9.19. The lowest BCUT2D eigenvalue weighted by molar-refractivity contribution is 0.444. The minimum atomic E-state index is 0.502. The van der Waals surface area contributed by atoms with Crippen LogP contribution >= 0.6 is 12.2 Å². The SMILES string of the molecule is Cc1cc(N2CCC[C@@H](C)C2)nc(NC(=S)NC2CCCC2)n1. The lowest BCUT2D eigenvalue weighted by Crippen LogP contribution is -2.37. The molecule has 0 bridgehead atoms. The molecule has 3 rings (SSSR count). The Kier molecular flexibility index (Phi) is 5.30. The second-order valence-corrected chi connectivity index (χ2v) is 7.37. The number of piperidine rings is 1. The Morgan fingerprint density at radius 3 is 2.74 bits per heavy atom. The molecule has 0 unspecified atom stereocenters. The highest BCUT2D eigenvalue weighted by Gasteiger charge is 2.19. The van der Waals surface area contributed by atoms with Gasteiger partial charge in [0.05, 0.1) is 0 Å². The van der Waals surface area contributed by atoms with Crippen molar-refractivity contribution in [2.45, 2.75) is 58.4 Å². The van der Waals surface area contributed by atoms with Crippen molar-refractivity contribution in [3.05, 3.63) is 11.8 Å². The van der Waals surface area contributed by atoms with Crippen LogP contribution in [0.15, 0.2) is 6.07 Å².